The van der Waals surface area contributed by atoms with Gasteiger partial charge in [0.05, 0.1) is 11.0 Å². The average Bonchev–Trinajstić information content (AvgIpc) is 3.66. The summed E-state index contributed by atoms with van der Waals surface area (Å²) in [5.74, 6) is 0.533. The third kappa shape index (κ3) is 4.74. The monoisotopic (exact) mass is 545 g/mol. The molecule has 0 aliphatic carbocycles. The molecule has 1 aliphatic heterocycles. The topological polar surface area (TPSA) is 92.6 Å². The van der Waals surface area contributed by atoms with Crippen LogP contribution in [0.4, 0.5) is 0 Å². The summed E-state index contributed by atoms with van der Waals surface area (Å²) in [6, 6.07) is 26.8. The van der Waals surface area contributed by atoms with Crippen LogP contribution >= 0.6 is 11.3 Å². The van der Waals surface area contributed by atoms with Crippen LogP contribution in [0, 0.1) is 0 Å². The van der Waals surface area contributed by atoms with Crippen molar-refractivity contribution in [3.05, 3.63) is 106 Å². The zero-order valence-electron chi connectivity index (χ0n) is 21.8. The molecular formula is C31H27N7OS. The second-order valence-electron chi connectivity index (χ2n) is 10.1. The number of H-pyrrole nitrogens is 1. The molecule has 6 aromatic rings. The van der Waals surface area contributed by atoms with E-state index in [9.17, 15) is 4.79 Å². The molecule has 0 spiro atoms. The van der Waals surface area contributed by atoms with Crippen LogP contribution in [0.1, 0.15) is 24.4 Å². The Morgan fingerprint density at radius 1 is 0.850 bits per heavy atom. The molecule has 8 nitrogen and oxygen atoms in total. The fraction of sp³-hybridized carbons (Fsp3) is 0.194. The lowest BCUT2D eigenvalue weighted by atomic mass is 10.0. The van der Waals surface area contributed by atoms with Crippen LogP contribution in [-0.2, 0) is 6.54 Å². The van der Waals surface area contributed by atoms with E-state index in [2.05, 4.69) is 49.3 Å². The van der Waals surface area contributed by atoms with Gasteiger partial charge in [-0.05, 0) is 30.5 Å². The Kier molecular flexibility index (Phi) is 6.51. The zero-order valence-corrected chi connectivity index (χ0v) is 22.6. The lowest BCUT2D eigenvalue weighted by Gasteiger charge is -2.32. The number of thiazole rings is 1. The van der Waals surface area contributed by atoms with Gasteiger partial charge in [-0.2, -0.15) is 0 Å². The number of imidazole rings is 1. The number of hydrogen-bond acceptors (Lipinski definition) is 7. The molecule has 0 radical (unpaired) electrons. The summed E-state index contributed by atoms with van der Waals surface area (Å²) in [7, 11) is 0. The quantitative estimate of drug-likeness (QED) is 0.284. The molecule has 1 saturated heterocycles. The fourth-order valence-electron chi connectivity index (χ4n) is 5.54. The molecular weight excluding hydrogens is 518 g/mol. The van der Waals surface area contributed by atoms with Crippen LogP contribution in [0.2, 0.25) is 0 Å². The van der Waals surface area contributed by atoms with Gasteiger partial charge in [-0.25, -0.2) is 14.8 Å². The second kappa shape index (κ2) is 10.6. The number of rotatable bonds is 6. The van der Waals surface area contributed by atoms with Gasteiger partial charge in [0.2, 0.25) is 5.82 Å². The van der Waals surface area contributed by atoms with Crippen molar-refractivity contribution in [3.63, 3.8) is 0 Å². The maximum Gasteiger partial charge on any atom is 0.326 e. The molecule has 1 fully saturated rings. The van der Waals surface area contributed by atoms with Crippen molar-refractivity contribution in [1.29, 1.82) is 0 Å². The van der Waals surface area contributed by atoms with E-state index in [0.717, 1.165) is 71.0 Å². The average molecular weight is 546 g/mol. The lowest BCUT2D eigenvalue weighted by Crippen LogP contribution is -2.36. The van der Waals surface area contributed by atoms with Crippen LogP contribution < -0.4 is 5.69 Å². The molecule has 0 atom stereocenters. The number of nitrogens with zero attached hydrogens (tertiary/aromatic N) is 6. The largest absolute Gasteiger partial charge is 0.326 e. The van der Waals surface area contributed by atoms with E-state index in [0.29, 0.717) is 5.82 Å². The van der Waals surface area contributed by atoms with Crippen LogP contribution in [0.5, 0.6) is 0 Å². The number of piperidine rings is 1. The summed E-state index contributed by atoms with van der Waals surface area (Å²) < 4.78 is 1.95. The van der Waals surface area contributed by atoms with Crippen LogP contribution in [0.15, 0.2) is 95.2 Å². The Bertz CT molecular complexity index is 1800. The highest BCUT2D eigenvalue weighted by Crippen LogP contribution is 2.31. The Balaban J connectivity index is 1.09. The van der Waals surface area contributed by atoms with E-state index in [4.69, 9.17) is 4.98 Å². The summed E-state index contributed by atoms with van der Waals surface area (Å²) in [5, 5.41) is 11.6. The summed E-state index contributed by atoms with van der Waals surface area (Å²) in [4.78, 5) is 27.4. The number of fused-ring (bicyclic) bond motifs is 1. The molecule has 9 heteroatoms. The summed E-state index contributed by atoms with van der Waals surface area (Å²) in [6.45, 7) is 2.76. The first-order chi connectivity index (χ1) is 19.7. The summed E-state index contributed by atoms with van der Waals surface area (Å²) in [5.41, 5.74) is 6.65. The SMILES string of the molecule is O=c1[nH]c2ccccc2n1C1CCN(Cc2ccc(-c3nc(-c4nccs4)nnc3-c3ccccc3)cc2)CC1. The molecule has 1 aliphatic rings. The van der Waals surface area contributed by atoms with Gasteiger partial charge in [-0.3, -0.25) is 9.47 Å². The van der Waals surface area contributed by atoms with Crippen molar-refractivity contribution >= 4 is 22.4 Å². The molecule has 0 saturated carbocycles. The van der Waals surface area contributed by atoms with E-state index in [-0.39, 0.29) is 11.7 Å². The van der Waals surface area contributed by atoms with E-state index in [1.807, 2.05) is 64.5 Å². The van der Waals surface area contributed by atoms with Gasteiger partial charge in [0.1, 0.15) is 11.4 Å². The minimum absolute atomic E-state index is 0.0117. The third-order valence-electron chi connectivity index (χ3n) is 7.54. The summed E-state index contributed by atoms with van der Waals surface area (Å²) >= 11 is 1.50. The predicted octanol–water partition coefficient (Wildman–Crippen LogP) is 5.81. The molecule has 7 rings (SSSR count). The van der Waals surface area contributed by atoms with Gasteiger partial charge in [-0.15, -0.1) is 21.5 Å². The van der Waals surface area contributed by atoms with E-state index in [1.54, 1.807) is 6.20 Å². The Morgan fingerprint density at radius 2 is 1.60 bits per heavy atom. The molecule has 0 bridgehead atoms. The van der Waals surface area contributed by atoms with Gasteiger partial charge < -0.3 is 4.98 Å². The number of hydrogen-bond donors (Lipinski definition) is 1. The molecule has 40 heavy (non-hydrogen) atoms. The van der Waals surface area contributed by atoms with E-state index < -0.39 is 0 Å². The Morgan fingerprint density at radius 3 is 2.38 bits per heavy atom. The molecule has 198 valence electrons. The Hall–Kier alpha value is -4.47. The molecule has 3 aromatic heterocycles. The number of para-hydroxylation sites is 2. The highest BCUT2D eigenvalue weighted by molar-refractivity contribution is 7.13. The van der Waals surface area contributed by atoms with Crippen molar-refractivity contribution in [2.75, 3.05) is 13.1 Å². The number of aromatic nitrogens is 6. The number of likely N-dealkylation sites (tertiary alicyclic amines) is 1. The van der Waals surface area contributed by atoms with Crippen molar-refractivity contribution < 1.29 is 0 Å². The minimum atomic E-state index is -0.0117. The smallest absolute Gasteiger partial charge is 0.306 e. The number of benzene rings is 3. The van der Waals surface area contributed by atoms with E-state index >= 15 is 0 Å². The number of aromatic amines is 1. The van der Waals surface area contributed by atoms with Crippen LogP contribution in [0.3, 0.4) is 0 Å². The van der Waals surface area contributed by atoms with Crippen molar-refractivity contribution in [2.45, 2.75) is 25.4 Å². The predicted molar refractivity (Wildman–Crippen MR) is 158 cm³/mol. The molecule has 0 amide bonds. The van der Waals surface area contributed by atoms with Gasteiger partial charge >= 0.3 is 5.69 Å². The van der Waals surface area contributed by atoms with Crippen LogP contribution in [0.25, 0.3) is 44.4 Å². The second-order valence-corrected chi connectivity index (χ2v) is 11.0. The standard InChI is InChI=1S/C31H27N7OS/c39-31-33-25-8-4-5-9-26(25)38(31)24-14-17-37(18-15-24)20-21-10-12-23(13-11-21)27-28(22-6-2-1-3-7-22)35-36-29(34-27)30-32-16-19-40-30/h1-13,16,19,24H,14-15,17-18,20H2,(H,33,39). The lowest BCUT2D eigenvalue weighted by molar-refractivity contribution is 0.180. The maximum atomic E-state index is 12.6. The first-order valence-electron chi connectivity index (χ1n) is 13.4. The maximum absolute atomic E-state index is 12.6. The molecule has 0 unspecified atom stereocenters. The third-order valence-corrected chi connectivity index (χ3v) is 8.31. The fourth-order valence-corrected chi connectivity index (χ4v) is 6.10. The van der Waals surface area contributed by atoms with Gasteiger partial charge in [0.15, 0.2) is 5.01 Å². The Labute approximate surface area is 235 Å². The molecule has 3 aromatic carbocycles. The van der Waals surface area contributed by atoms with E-state index in [1.165, 1.54) is 16.9 Å². The van der Waals surface area contributed by atoms with Gasteiger partial charge in [0.25, 0.3) is 0 Å². The zero-order chi connectivity index (χ0) is 26.9. The highest BCUT2D eigenvalue weighted by atomic mass is 32.1. The first kappa shape index (κ1) is 24.6. The normalized spacial score (nSPS) is 14.6. The first-order valence-corrected chi connectivity index (χ1v) is 14.3. The van der Waals surface area contributed by atoms with Gasteiger partial charge in [0, 0.05) is 48.4 Å². The number of nitrogens with one attached hydrogen (secondary N) is 1. The highest BCUT2D eigenvalue weighted by Gasteiger charge is 2.24. The van der Waals surface area contributed by atoms with Crippen molar-refractivity contribution in [2.24, 2.45) is 0 Å². The summed E-state index contributed by atoms with van der Waals surface area (Å²) in [6.07, 6.45) is 3.66. The van der Waals surface area contributed by atoms with Gasteiger partial charge in [-0.1, -0.05) is 66.7 Å². The van der Waals surface area contributed by atoms with Crippen molar-refractivity contribution in [3.8, 4) is 33.3 Å². The van der Waals surface area contributed by atoms with Crippen LogP contribution in [-0.4, -0.2) is 47.7 Å². The molecule has 4 heterocycles. The minimum Gasteiger partial charge on any atom is -0.306 e. The molecule has 1 N–H and O–H groups in total. The van der Waals surface area contributed by atoms with Crippen molar-refractivity contribution in [1.82, 2.24) is 34.6 Å².